The van der Waals surface area contributed by atoms with Crippen LogP contribution in [0.1, 0.15) is 0 Å². The Bertz CT molecular complexity index is 81.8. The highest BCUT2D eigenvalue weighted by molar-refractivity contribution is 7.99. The molecular formula is C9H21NS3. The van der Waals surface area contributed by atoms with Gasteiger partial charge in [-0.3, -0.25) is 0 Å². The lowest BCUT2D eigenvalue weighted by atomic mass is 11.3. The van der Waals surface area contributed by atoms with Crippen LogP contribution in [0.25, 0.3) is 0 Å². The first-order valence-electron chi connectivity index (χ1n) is 4.54. The van der Waals surface area contributed by atoms with Crippen LogP contribution in [-0.2, 0) is 0 Å². The predicted molar refractivity (Wildman–Crippen MR) is 71.6 cm³/mol. The molecule has 0 saturated heterocycles. The van der Waals surface area contributed by atoms with Gasteiger partial charge in [0.15, 0.2) is 0 Å². The Morgan fingerprint density at radius 1 is 0.692 bits per heavy atom. The highest BCUT2D eigenvalue weighted by Gasteiger charge is 2.02. The molecule has 4 heteroatoms. The molecule has 0 aromatic rings. The third kappa shape index (κ3) is 9.32. The highest BCUT2D eigenvalue weighted by Crippen LogP contribution is 2.01. The van der Waals surface area contributed by atoms with Crippen LogP contribution < -0.4 is 0 Å². The van der Waals surface area contributed by atoms with Gasteiger partial charge in [0.2, 0.25) is 0 Å². The fourth-order valence-electron chi connectivity index (χ4n) is 0.997. The molecule has 0 bridgehead atoms. The van der Waals surface area contributed by atoms with Gasteiger partial charge in [-0.15, -0.1) is 0 Å². The summed E-state index contributed by atoms with van der Waals surface area (Å²) in [6.45, 7) is 3.76. The Labute approximate surface area is 95.8 Å². The molecule has 0 aliphatic heterocycles. The zero-order chi connectivity index (χ0) is 9.94. The smallest absolute Gasteiger partial charge is 0.00729 e. The zero-order valence-electron chi connectivity index (χ0n) is 8.91. The maximum absolute atomic E-state index is 2.57. The van der Waals surface area contributed by atoms with Gasteiger partial charge < -0.3 is 4.90 Å². The van der Waals surface area contributed by atoms with Crippen LogP contribution in [-0.4, -0.2) is 60.6 Å². The second-order valence-corrected chi connectivity index (χ2v) is 5.78. The Hall–Kier alpha value is 1.01. The van der Waals surface area contributed by atoms with Crippen molar-refractivity contribution < 1.29 is 0 Å². The van der Waals surface area contributed by atoms with E-state index in [0.29, 0.717) is 0 Å². The lowest BCUT2D eigenvalue weighted by molar-refractivity contribution is 0.329. The third-order valence-electron chi connectivity index (χ3n) is 1.83. The van der Waals surface area contributed by atoms with Gasteiger partial charge in [-0.1, -0.05) is 0 Å². The molecule has 0 aromatic carbocycles. The van der Waals surface area contributed by atoms with Crippen LogP contribution in [0.4, 0.5) is 0 Å². The van der Waals surface area contributed by atoms with Crippen LogP contribution in [0.2, 0.25) is 0 Å². The van der Waals surface area contributed by atoms with Gasteiger partial charge in [0.1, 0.15) is 0 Å². The van der Waals surface area contributed by atoms with E-state index >= 15 is 0 Å². The molecule has 0 radical (unpaired) electrons. The summed E-state index contributed by atoms with van der Waals surface area (Å²) in [4.78, 5) is 2.57. The fourth-order valence-corrected chi connectivity index (χ4v) is 2.32. The molecular weight excluding hydrogens is 224 g/mol. The van der Waals surface area contributed by atoms with Gasteiger partial charge in [0, 0.05) is 36.9 Å². The second kappa shape index (κ2) is 11.1. The van der Waals surface area contributed by atoms with Gasteiger partial charge in [-0.25, -0.2) is 0 Å². The Kier molecular flexibility index (Phi) is 11.9. The maximum Gasteiger partial charge on any atom is 0.00729 e. The van der Waals surface area contributed by atoms with E-state index in [1.165, 1.54) is 36.9 Å². The summed E-state index contributed by atoms with van der Waals surface area (Å²) in [6, 6.07) is 0. The predicted octanol–water partition coefficient (Wildman–Crippen LogP) is 2.38. The molecule has 0 spiro atoms. The molecule has 0 aliphatic rings. The van der Waals surface area contributed by atoms with Gasteiger partial charge in [-0.2, -0.15) is 35.3 Å². The monoisotopic (exact) mass is 245 g/mol. The average Bonchev–Trinajstić information content (AvgIpc) is 2.17. The quantitative estimate of drug-likeness (QED) is 0.574. The van der Waals surface area contributed by atoms with Crippen molar-refractivity contribution in [1.29, 1.82) is 0 Å². The van der Waals surface area contributed by atoms with E-state index in [-0.39, 0.29) is 0 Å². The molecule has 0 aromatic heterocycles. The first kappa shape index (κ1) is 14.0. The normalized spacial score (nSPS) is 11.1. The van der Waals surface area contributed by atoms with E-state index in [9.17, 15) is 0 Å². The van der Waals surface area contributed by atoms with Crippen molar-refractivity contribution in [3.05, 3.63) is 0 Å². The van der Waals surface area contributed by atoms with Crippen molar-refractivity contribution in [1.82, 2.24) is 4.90 Å². The molecule has 0 aliphatic carbocycles. The number of hydrogen-bond donors (Lipinski definition) is 0. The summed E-state index contributed by atoms with van der Waals surface area (Å²) in [7, 11) is 0. The van der Waals surface area contributed by atoms with Crippen molar-refractivity contribution in [2.75, 3.05) is 55.7 Å². The molecule has 1 nitrogen and oxygen atoms in total. The van der Waals surface area contributed by atoms with E-state index in [2.05, 4.69) is 23.7 Å². The molecule has 0 fully saturated rings. The highest BCUT2D eigenvalue weighted by atomic mass is 32.2. The molecule has 0 N–H and O–H groups in total. The Morgan fingerprint density at radius 2 is 1.00 bits per heavy atom. The Morgan fingerprint density at radius 3 is 1.23 bits per heavy atom. The average molecular weight is 245 g/mol. The zero-order valence-corrected chi connectivity index (χ0v) is 11.4. The second-order valence-electron chi connectivity index (χ2n) is 2.82. The van der Waals surface area contributed by atoms with E-state index in [4.69, 9.17) is 0 Å². The molecule has 80 valence electrons. The van der Waals surface area contributed by atoms with Crippen molar-refractivity contribution in [2.45, 2.75) is 0 Å². The van der Waals surface area contributed by atoms with Crippen LogP contribution in [0.3, 0.4) is 0 Å². The minimum atomic E-state index is 1.25. The van der Waals surface area contributed by atoms with Crippen LogP contribution >= 0.6 is 35.3 Å². The molecule has 13 heavy (non-hydrogen) atoms. The minimum absolute atomic E-state index is 1.25. The van der Waals surface area contributed by atoms with E-state index < -0.39 is 0 Å². The molecule has 0 unspecified atom stereocenters. The van der Waals surface area contributed by atoms with E-state index in [1.807, 2.05) is 35.3 Å². The minimum Gasteiger partial charge on any atom is -0.301 e. The largest absolute Gasteiger partial charge is 0.301 e. The Balaban J connectivity index is 3.47. The number of nitrogens with zero attached hydrogens (tertiary/aromatic N) is 1. The van der Waals surface area contributed by atoms with Crippen LogP contribution in [0, 0.1) is 0 Å². The number of hydrogen-bond acceptors (Lipinski definition) is 4. The molecule has 0 saturated carbocycles. The summed E-state index contributed by atoms with van der Waals surface area (Å²) in [5.41, 5.74) is 0. The molecule has 0 rings (SSSR count). The molecule has 0 amide bonds. The van der Waals surface area contributed by atoms with Crippen molar-refractivity contribution in [3.8, 4) is 0 Å². The summed E-state index contributed by atoms with van der Waals surface area (Å²) in [6.07, 6.45) is 6.55. The van der Waals surface area contributed by atoms with Crippen molar-refractivity contribution in [3.63, 3.8) is 0 Å². The van der Waals surface area contributed by atoms with Gasteiger partial charge >= 0.3 is 0 Å². The van der Waals surface area contributed by atoms with E-state index in [0.717, 1.165) is 0 Å². The summed E-state index contributed by atoms with van der Waals surface area (Å²) < 4.78 is 0. The first-order valence-corrected chi connectivity index (χ1v) is 8.72. The summed E-state index contributed by atoms with van der Waals surface area (Å²) in [5.74, 6) is 3.80. The molecule has 0 atom stereocenters. The number of rotatable bonds is 9. The summed E-state index contributed by atoms with van der Waals surface area (Å²) in [5, 5.41) is 0. The van der Waals surface area contributed by atoms with Crippen molar-refractivity contribution in [2.24, 2.45) is 0 Å². The van der Waals surface area contributed by atoms with E-state index in [1.54, 1.807) is 0 Å². The third-order valence-corrected chi connectivity index (χ3v) is 3.61. The molecule has 0 heterocycles. The fraction of sp³-hybridized carbons (Fsp3) is 1.00. The van der Waals surface area contributed by atoms with Crippen molar-refractivity contribution >= 4 is 35.3 Å². The van der Waals surface area contributed by atoms with Gasteiger partial charge in [0.25, 0.3) is 0 Å². The van der Waals surface area contributed by atoms with Crippen LogP contribution in [0.15, 0.2) is 0 Å². The van der Waals surface area contributed by atoms with Gasteiger partial charge in [0.05, 0.1) is 0 Å². The first-order chi connectivity index (χ1) is 6.35. The summed E-state index contributed by atoms with van der Waals surface area (Å²) >= 11 is 5.82. The van der Waals surface area contributed by atoms with Gasteiger partial charge in [-0.05, 0) is 18.8 Å². The standard InChI is InChI=1S/C9H21NS3/c1-11-7-4-10(5-8-12-2)6-9-13-3/h4-9H2,1-3H3/i4+1,5+1,6+1,7+1,8+1,9+1. The number of thioether (sulfide) groups is 3. The lowest BCUT2D eigenvalue weighted by Gasteiger charge is -2.20. The SMILES string of the molecule is CS[13CH2][13CH2]N([13CH2][13CH2]SC)[13CH2][13CH2]SC. The lowest BCUT2D eigenvalue weighted by Crippen LogP contribution is -2.30. The topological polar surface area (TPSA) is 3.24 Å². The maximum atomic E-state index is 2.57. The van der Waals surface area contributed by atoms with Crippen LogP contribution in [0.5, 0.6) is 0 Å².